The van der Waals surface area contributed by atoms with E-state index in [0.29, 0.717) is 18.1 Å². The van der Waals surface area contributed by atoms with Gasteiger partial charge in [0.05, 0.1) is 5.60 Å². The molecule has 1 aromatic heterocycles. The van der Waals surface area contributed by atoms with Crippen molar-refractivity contribution in [3.63, 3.8) is 0 Å². The van der Waals surface area contributed by atoms with E-state index in [4.69, 9.17) is 11.6 Å². The Bertz CT molecular complexity index is 360. The molecule has 0 aromatic carbocycles. The molecule has 0 aliphatic heterocycles. The van der Waals surface area contributed by atoms with Gasteiger partial charge in [-0.1, -0.05) is 0 Å². The van der Waals surface area contributed by atoms with Crippen LogP contribution in [0.5, 0.6) is 0 Å². The molecule has 0 aliphatic rings. The number of rotatable bonds is 5. The molecule has 0 saturated heterocycles. The fourth-order valence-electron chi connectivity index (χ4n) is 1.24. The Hall–Kier alpha value is -0.520. The third-order valence-corrected chi connectivity index (χ3v) is 3.13. The highest BCUT2D eigenvalue weighted by atomic mass is 35.5. The number of hydrogen-bond acceptors (Lipinski definition) is 5. The molecule has 1 heterocycles. The lowest BCUT2D eigenvalue weighted by atomic mass is 10.1. The van der Waals surface area contributed by atoms with E-state index in [2.05, 4.69) is 15.3 Å². The summed E-state index contributed by atoms with van der Waals surface area (Å²) in [5.41, 5.74) is 0.146. The minimum atomic E-state index is -0.761. The summed E-state index contributed by atoms with van der Waals surface area (Å²) in [6, 6.07) is 0. The van der Waals surface area contributed by atoms with Gasteiger partial charge in [0.15, 0.2) is 0 Å². The SMILES string of the molecule is CSCC(C)(O)CNc1nc(Cl)ncc1C. The first kappa shape index (κ1) is 13.5. The highest BCUT2D eigenvalue weighted by Crippen LogP contribution is 2.15. The summed E-state index contributed by atoms with van der Waals surface area (Å²) < 4.78 is 0. The summed E-state index contributed by atoms with van der Waals surface area (Å²) in [5.74, 6) is 1.33. The number of aromatic nitrogens is 2. The third kappa shape index (κ3) is 4.15. The van der Waals surface area contributed by atoms with Gasteiger partial charge in [0, 0.05) is 24.1 Å². The zero-order valence-corrected chi connectivity index (χ0v) is 11.2. The Kier molecular flexibility index (Phi) is 4.83. The van der Waals surface area contributed by atoms with Gasteiger partial charge in [-0.15, -0.1) is 0 Å². The molecule has 90 valence electrons. The maximum atomic E-state index is 9.98. The molecule has 0 radical (unpaired) electrons. The summed E-state index contributed by atoms with van der Waals surface area (Å²) in [5, 5.41) is 13.3. The summed E-state index contributed by atoms with van der Waals surface area (Å²) >= 11 is 7.30. The largest absolute Gasteiger partial charge is 0.387 e. The van der Waals surface area contributed by atoms with Gasteiger partial charge in [-0.25, -0.2) is 9.97 Å². The zero-order chi connectivity index (χ0) is 12.2. The molecular formula is C10H16ClN3OS. The van der Waals surface area contributed by atoms with Crippen LogP contribution in [0.3, 0.4) is 0 Å². The predicted molar refractivity (Wildman–Crippen MR) is 69.3 cm³/mol. The van der Waals surface area contributed by atoms with Crippen LogP contribution in [0.25, 0.3) is 0 Å². The van der Waals surface area contributed by atoms with Crippen molar-refractivity contribution in [1.29, 1.82) is 0 Å². The van der Waals surface area contributed by atoms with Crippen molar-refractivity contribution in [3.05, 3.63) is 17.0 Å². The Morgan fingerprint density at radius 1 is 1.62 bits per heavy atom. The molecule has 0 aliphatic carbocycles. The van der Waals surface area contributed by atoms with Crippen molar-refractivity contribution in [1.82, 2.24) is 9.97 Å². The lowest BCUT2D eigenvalue weighted by Crippen LogP contribution is -2.36. The molecule has 1 unspecified atom stereocenters. The Morgan fingerprint density at radius 3 is 2.94 bits per heavy atom. The molecule has 4 nitrogen and oxygen atoms in total. The average molecular weight is 262 g/mol. The monoisotopic (exact) mass is 261 g/mol. The lowest BCUT2D eigenvalue weighted by molar-refractivity contribution is 0.0996. The summed E-state index contributed by atoms with van der Waals surface area (Å²) in [4.78, 5) is 7.93. The molecule has 0 fully saturated rings. The first-order chi connectivity index (χ1) is 7.44. The topological polar surface area (TPSA) is 58.0 Å². The maximum absolute atomic E-state index is 9.98. The molecule has 2 N–H and O–H groups in total. The van der Waals surface area contributed by atoms with E-state index in [9.17, 15) is 5.11 Å². The minimum absolute atomic E-state index is 0.206. The number of hydrogen-bond donors (Lipinski definition) is 2. The molecule has 16 heavy (non-hydrogen) atoms. The highest BCUT2D eigenvalue weighted by molar-refractivity contribution is 7.98. The third-order valence-electron chi connectivity index (χ3n) is 2.03. The van der Waals surface area contributed by atoms with Crippen LogP contribution in [0.2, 0.25) is 5.28 Å². The maximum Gasteiger partial charge on any atom is 0.224 e. The van der Waals surface area contributed by atoms with E-state index < -0.39 is 5.60 Å². The van der Waals surface area contributed by atoms with Crippen molar-refractivity contribution < 1.29 is 5.11 Å². The van der Waals surface area contributed by atoms with E-state index in [0.717, 1.165) is 5.56 Å². The van der Waals surface area contributed by atoms with Crippen LogP contribution >= 0.6 is 23.4 Å². The second-order valence-corrected chi connectivity index (χ2v) is 5.16. The first-order valence-electron chi connectivity index (χ1n) is 4.89. The standard InChI is InChI=1S/C10H16ClN3OS/c1-7-4-12-9(11)14-8(7)13-5-10(2,15)6-16-3/h4,15H,5-6H2,1-3H3,(H,12,13,14). The fourth-order valence-corrected chi connectivity index (χ4v) is 2.09. The van der Waals surface area contributed by atoms with Crippen molar-refractivity contribution in [3.8, 4) is 0 Å². The molecule has 1 aromatic rings. The number of nitrogens with zero attached hydrogens (tertiary/aromatic N) is 2. The van der Waals surface area contributed by atoms with Crippen molar-refractivity contribution in [2.75, 3.05) is 23.9 Å². The number of aryl methyl sites for hydroxylation is 1. The van der Waals surface area contributed by atoms with Crippen molar-refractivity contribution >= 4 is 29.2 Å². The summed E-state index contributed by atoms with van der Waals surface area (Å²) in [6.45, 7) is 4.11. The molecule has 0 spiro atoms. The summed E-state index contributed by atoms with van der Waals surface area (Å²) in [7, 11) is 0. The van der Waals surface area contributed by atoms with Gasteiger partial charge < -0.3 is 10.4 Å². The molecule has 1 rings (SSSR count). The number of aliphatic hydroxyl groups is 1. The molecule has 0 amide bonds. The van der Waals surface area contributed by atoms with Crippen LogP contribution in [-0.4, -0.2) is 39.2 Å². The van der Waals surface area contributed by atoms with E-state index >= 15 is 0 Å². The average Bonchev–Trinajstić information content (AvgIpc) is 2.19. The Labute approximate surface area is 105 Å². The second-order valence-electron chi connectivity index (χ2n) is 3.95. The second kappa shape index (κ2) is 5.70. The smallest absolute Gasteiger partial charge is 0.224 e. The van der Waals surface area contributed by atoms with E-state index in [1.54, 1.807) is 24.9 Å². The predicted octanol–water partition coefficient (Wildman–Crippen LogP) is 1.96. The number of anilines is 1. The molecule has 0 saturated carbocycles. The van der Waals surface area contributed by atoms with Crippen LogP contribution in [0.1, 0.15) is 12.5 Å². The van der Waals surface area contributed by atoms with Gasteiger partial charge in [0.2, 0.25) is 5.28 Å². The zero-order valence-electron chi connectivity index (χ0n) is 9.62. The number of halogens is 1. The quantitative estimate of drug-likeness (QED) is 0.794. The molecule has 1 atom stereocenters. The molecule has 6 heteroatoms. The van der Waals surface area contributed by atoms with Crippen LogP contribution in [0, 0.1) is 6.92 Å². The van der Waals surface area contributed by atoms with E-state index in [1.165, 1.54) is 0 Å². The number of nitrogens with one attached hydrogen (secondary N) is 1. The fraction of sp³-hybridized carbons (Fsp3) is 0.600. The first-order valence-corrected chi connectivity index (χ1v) is 6.66. The van der Waals surface area contributed by atoms with Crippen LogP contribution in [-0.2, 0) is 0 Å². The van der Waals surface area contributed by atoms with E-state index in [1.807, 2.05) is 13.2 Å². The van der Waals surface area contributed by atoms with Gasteiger partial charge in [0.25, 0.3) is 0 Å². The normalized spacial score (nSPS) is 14.6. The molecular weight excluding hydrogens is 246 g/mol. The van der Waals surface area contributed by atoms with E-state index in [-0.39, 0.29) is 5.28 Å². The van der Waals surface area contributed by atoms with Crippen LogP contribution in [0.15, 0.2) is 6.20 Å². The van der Waals surface area contributed by atoms with Gasteiger partial charge in [-0.2, -0.15) is 11.8 Å². The minimum Gasteiger partial charge on any atom is -0.387 e. The van der Waals surface area contributed by atoms with Gasteiger partial charge >= 0.3 is 0 Å². The Morgan fingerprint density at radius 2 is 2.31 bits per heavy atom. The van der Waals surface area contributed by atoms with Crippen molar-refractivity contribution in [2.24, 2.45) is 0 Å². The summed E-state index contributed by atoms with van der Waals surface area (Å²) in [6.07, 6.45) is 3.61. The van der Waals surface area contributed by atoms with Gasteiger partial charge in [-0.3, -0.25) is 0 Å². The van der Waals surface area contributed by atoms with Crippen LogP contribution in [0.4, 0.5) is 5.82 Å². The van der Waals surface area contributed by atoms with Crippen molar-refractivity contribution in [2.45, 2.75) is 19.4 Å². The molecule has 0 bridgehead atoms. The highest BCUT2D eigenvalue weighted by Gasteiger charge is 2.19. The number of thioether (sulfide) groups is 1. The Balaban J connectivity index is 2.63. The lowest BCUT2D eigenvalue weighted by Gasteiger charge is -2.23. The van der Waals surface area contributed by atoms with Crippen LogP contribution < -0.4 is 5.32 Å². The van der Waals surface area contributed by atoms with Gasteiger partial charge in [-0.05, 0) is 31.7 Å². The van der Waals surface area contributed by atoms with Gasteiger partial charge in [0.1, 0.15) is 5.82 Å².